The lowest BCUT2D eigenvalue weighted by Gasteiger charge is -2.13. The van der Waals surface area contributed by atoms with Crippen molar-refractivity contribution in [3.63, 3.8) is 0 Å². The average molecular weight is 470 g/mol. The van der Waals surface area contributed by atoms with Gasteiger partial charge in [-0.3, -0.25) is 14.9 Å². The van der Waals surface area contributed by atoms with Crippen LogP contribution < -0.4 is 10.6 Å². The summed E-state index contributed by atoms with van der Waals surface area (Å²) >= 11 is 1.19. The molecule has 0 saturated carbocycles. The Morgan fingerprint density at radius 3 is 2.61 bits per heavy atom. The van der Waals surface area contributed by atoms with Crippen molar-refractivity contribution in [1.82, 2.24) is 4.98 Å². The van der Waals surface area contributed by atoms with Crippen LogP contribution in [0.15, 0.2) is 47.8 Å². The molecule has 1 heterocycles. The standard InChI is InChI=1S/C25H28FN3O3S/c1-2-3-4-5-6-19-13-20(26)11-12-22(19)27-15-17-7-9-18(10-8-17)24(32)29-25-28-21(16-33-25)14-23(30)31/h7-13,16,27H,2-6,14-15H2,1H3,(H,30,31)(H,28,29,32). The lowest BCUT2D eigenvalue weighted by Crippen LogP contribution is -2.12. The van der Waals surface area contributed by atoms with Crippen LogP contribution in [0, 0.1) is 5.82 Å². The summed E-state index contributed by atoms with van der Waals surface area (Å²) in [5.41, 5.74) is 3.79. The van der Waals surface area contributed by atoms with Crippen LogP contribution in [0.4, 0.5) is 15.2 Å². The Labute approximate surface area is 196 Å². The van der Waals surface area contributed by atoms with Gasteiger partial charge in [0.1, 0.15) is 5.82 Å². The van der Waals surface area contributed by atoms with E-state index in [0.717, 1.165) is 42.5 Å². The van der Waals surface area contributed by atoms with E-state index in [2.05, 4.69) is 22.5 Å². The molecule has 0 unspecified atom stereocenters. The van der Waals surface area contributed by atoms with Gasteiger partial charge in [-0.2, -0.15) is 0 Å². The van der Waals surface area contributed by atoms with E-state index in [1.165, 1.54) is 23.8 Å². The average Bonchev–Trinajstić information content (AvgIpc) is 3.22. The van der Waals surface area contributed by atoms with Crippen molar-refractivity contribution < 1.29 is 19.1 Å². The van der Waals surface area contributed by atoms with Crippen molar-refractivity contribution in [2.24, 2.45) is 0 Å². The SMILES string of the molecule is CCCCCCc1cc(F)ccc1NCc1ccc(C(=O)Nc2nc(CC(=O)O)cs2)cc1. The fourth-order valence-electron chi connectivity index (χ4n) is 3.42. The molecule has 0 aliphatic carbocycles. The number of thiazole rings is 1. The molecule has 3 aromatic rings. The molecule has 3 N–H and O–H groups in total. The molecular weight excluding hydrogens is 441 g/mol. The number of rotatable bonds is 12. The number of hydrogen-bond acceptors (Lipinski definition) is 5. The first kappa shape index (κ1) is 24.4. The second-order valence-corrected chi connectivity index (χ2v) is 8.69. The molecule has 1 amide bonds. The van der Waals surface area contributed by atoms with Crippen molar-refractivity contribution in [2.45, 2.75) is 52.0 Å². The number of aliphatic carboxylic acids is 1. The molecule has 0 fully saturated rings. The van der Waals surface area contributed by atoms with Gasteiger partial charge < -0.3 is 10.4 Å². The van der Waals surface area contributed by atoms with Gasteiger partial charge in [0.2, 0.25) is 0 Å². The maximum absolute atomic E-state index is 13.7. The van der Waals surface area contributed by atoms with Crippen LogP contribution >= 0.6 is 11.3 Å². The molecule has 33 heavy (non-hydrogen) atoms. The van der Waals surface area contributed by atoms with Gasteiger partial charge in [0, 0.05) is 23.2 Å². The summed E-state index contributed by atoms with van der Waals surface area (Å²) in [5, 5.41) is 16.9. The highest BCUT2D eigenvalue weighted by atomic mass is 32.1. The van der Waals surface area contributed by atoms with Crippen molar-refractivity contribution in [3.8, 4) is 0 Å². The highest BCUT2D eigenvalue weighted by Gasteiger charge is 2.11. The maximum Gasteiger partial charge on any atom is 0.309 e. The largest absolute Gasteiger partial charge is 0.481 e. The van der Waals surface area contributed by atoms with Gasteiger partial charge in [-0.1, -0.05) is 38.3 Å². The van der Waals surface area contributed by atoms with Crippen molar-refractivity contribution in [1.29, 1.82) is 0 Å². The maximum atomic E-state index is 13.7. The Morgan fingerprint density at radius 1 is 1.09 bits per heavy atom. The van der Waals surface area contributed by atoms with Crippen LogP contribution in [0.1, 0.15) is 59.8 Å². The normalized spacial score (nSPS) is 10.7. The Morgan fingerprint density at radius 2 is 1.88 bits per heavy atom. The Bertz CT molecular complexity index is 1080. The topological polar surface area (TPSA) is 91.3 Å². The molecule has 6 nitrogen and oxygen atoms in total. The monoisotopic (exact) mass is 469 g/mol. The first-order valence-corrected chi connectivity index (χ1v) is 11.9. The lowest BCUT2D eigenvalue weighted by molar-refractivity contribution is -0.136. The number of carbonyl (C=O) groups is 2. The van der Waals surface area contributed by atoms with Crippen LogP contribution in [-0.2, 0) is 24.2 Å². The number of anilines is 2. The number of amides is 1. The summed E-state index contributed by atoms with van der Waals surface area (Å²) < 4.78 is 13.7. The Kier molecular flexibility index (Phi) is 8.95. The number of carbonyl (C=O) groups excluding carboxylic acids is 1. The molecular formula is C25H28FN3O3S. The van der Waals surface area contributed by atoms with Gasteiger partial charge >= 0.3 is 5.97 Å². The summed E-state index contributed by atoms with van der Waals surface area (Å²) in [6.45, 7) is 2.72. The first-order chi connectivity index (χ1) is 15.9. The molecule has 0 atom stereocenters. The van der Waals surface area contributed by atoms with E-state index in [1.54, 1.807) is 29.6 Å². The zero-order chi connectivity index (χ0) is 23.6. The summed E-state index contributed by atoms with van der Waals surface area (Å²) in [5.74, 6) is -1.50. The number of nitrogens with zero attached hydrogens (tertiary/aromatic N) is 1. The molecule has 0 saturated heterocycles. The molecule has 2 aromatic carbocycles. The minimum Gasteiger partial charge on any atom is -0.481 e. The molecule has 3 rings (SSSR count). The number of carboxylic acid groups (broad SMARTS) is 1. The number of hydrogen-bond donors (Lipinski definition) is 3. The molecule has 1 aromatic heterocycles. The molecule has 0 radical (unpaired) electrons. The van der Waals surface area contributed by atoms with Gasteiger partial charge in [0.15, 0.2) is 5.13 Å². The minimum atomic E-state index is -0.966. The summed E-state index contributed by atoms with van der Waals surface area (Å²) in [6, 6.07) is 12.0. The van der Waals surface area contributed by atoms with Crippen LogP contribution in [0.25, 0.3) is 0 Å². The van der Waals surface area contributed by atoms with Crippen molar-refractivity contribution in [2.75, 3.05) is 10.6 Å². The number of nitrogens with one attached hydrogen (secondary N) is 2. The fourth-order valence-corrected chi connectivity index (χ4v) is 4.13. The molecule has 0 aliphatic rings. The van der Waals surface area contributed by atoms with Gasteiger partial charge in [-0.05, 0) is 54.3 Å². The zero-order valence-electron chi connectivity index (χ0n) is 18.6. The van der Waals surface area contributed by atoms with E-state index >= 15 is 0 Å². The van der Waals surface area contributed by atoms with E-state index in [1.807, 2.05) is 12.1 Å². The van der Waals surface area contributed by atoms with E-state index in [0.29, 0.717) is 22.9 Å². The fraction of sp³-hybridized carbons (Fsp3) is 0.320. The number of aromatic nitrogens is 1. The summed E-state index contributed by atoms with van der Waals surface area (Å²) in [6.07, 6.45) is 5.18. The highest BCUT2D eigenvalue weighted by Crippen LogP contribution is 2.21. The number of halogens is 1. The molecule has 174 valence electrons. The van der Waals surface area contributed by atoms with Crippen molar-refractivity contribution >= 4 is 34.0 Å². The number of benzene rings is 2. The molecule has 0 spiro atoms. The van der Waals surface area contributed by atoms with E-state index in [-0.39, 0.29) is 18.1 Å². The van der Waals surface area contributed by atoms with Gasteiger partial charge in [-0.25, -0.2) is 9.37 Å². The Balaban J connectivity index is 1.56. The highest BCUT2D eigenvalue weighted by molar-refractivity contribution is 7.14. The second-order valence-electron chi connectivity index (χ2n) is 7.83. The lowest BCUT2D eigenvalue weighted by atomic mass is 10.0. The number of carboxylic acids is 1. The van der Waals surface area contributed by atoms with E-state index < -0.39 is 5.97 Å². The predicted octanol–water partition coefficient (Wildman–Crippen LogP) is 5.90. The van der Waals surface area contributed by atoms with Crippen molar-refractivity contribution in [3.05, 3.63) is 76.0 Å². The van der Waals surface area contributed by atoms with E-state index in [4.69, 9.17) is 5.11 Å². The summed E-state index contributed by atoms with van der Waals surface area (Å²) in [4.78, 5) is 27.3. The third kappa shape index (κ3) is 7.68. The number of aryl methyl sites for hydroxylation is 1. The van der Waals surface area contributed by atoms with Gasteiger partial charge in [0.05, 0.1) is 12.1 Å². The quantitative estimate of drug-likeness (QED) is 0.287. The molecule has 8 heteroatoms. The zero-order valence-corrected chi connectivity index (χ0v) is 19.4. The van der Waals surface area contributed by atoms with Gasteiger partial charge in [0.25, 0.3) is 5.91 Å². The predicted molar refractivity (Wildman–Crippen MR) is 129 cm³/mol. The summed E-state index contributed by atoms with van der Waals surface area (Å²) in [7, 11) is 0. The smallest absolute Gasteiger partial charge is 0.309 e. The third-order valence-corrected chi connectivity index (χ3v) is 5.98. The Hall–Kier alpha value is -3.26. The van der Waals surface area contributed by atoms with Crippen LogP contribution in [0.2, 0.25) is 0 Å². The molecule has 0 bridgehead atoms. The minimum absolute atomic E-state index is 0.178. The first-order valence-electron chi connectivity index (χ1n) is 11.0. The third-order valence-electron chi connectivity index (χ3n) is 5.17. The van der Waals surface area contributed by atoms with Crippen LogP contribution in [0.3, 0.4) is 0 Å². The second kappa shape index (κ2) is 12.1. The molecule has 0 aliphatic heterocycles. The van der Waals surface area contributed by atoms with Crippen LogP contribution in [0.5, 0.6) is 0 Å². The number of unbranched alkanes of at least 4 members (excludes halogenated alkanes) is 3. The van der Waals surface area contributed by atoms with E-state index in [9.17, 15) is 14.0 Å². The van der Waals surface area contributed by atoms with Gasteiger partial charge in [-0.15, -0.1) is 11.3 Å². The van der Waals surface area contributed by atoms with Crippen LogP contribution in [-0.4, -0.2) is 22.0 Å².